The summed E-state index contributed by atoms with van der Waals surface area (Å²) in [5.74, 6) is 0. The van der Waals surface area contributed by atoms with Gasteiger partial charge in [-0.1, -0.05) is 50.7 Å². The number of rotatable bonds is 2. The first-order chi connectivity index (χ1) is 7.56. The summed E-state index contributed by atoms with van der Waals surface area (Å²) >= 11 is 23.0. The molecule has 1 unspecified atom stereocenters. The van der Waals surface area contributed by atoms with Crippen LogP contribution in [0.4, 0.5) is 0 Å². The van der Waals surface area contributed by atoms with Crippen LogP contribution in [0.25, 0.3) is 0 Å². The third kappa shape index (κ3) is 2.93. The summed E-state index contributed by atoms with van der Waals surface area (Å²) < 4.78 is 0.771. The normalized spacial score (nSPS) is 12.8. The predicted octanol–water partition coefficient (Wildman–Crippen LogP) is 6.19. The van der Waals surface area contributed by atoms with Crippen molar-refractivity contribution in [2.45, 2.75) is 4.83 Å². The zero-order chi connectivity index (χ0) is 11.7. The van der Waals surface area contributed by atoms with E-state index < -0.39 is 0 Å². The molecule has 0 bridgehead atoms. The molecular weight excluding hydrogens is 350 g/mol. The third-order valence-electron chi connectivity index (χ3n) is 2.02. The maximum atomic E-state index is 5.96. The van der Waals surface area contributed by atoms with E-state index in [1.54, 1.807) is 6.07 Å². The van der Waals surface area contributed by atoms with Crippen molar-refractivity contribution in [1.29, 1.82) is 0 Å². The van der Waals surface area contributed by atoms with E-state index in [-0.39, 0.29) is 4.83 Å². The van der Waals surface area contributed by atoms with Crippen LogP contribution < -0.4 is 0 Å². The second-order valence-electron chi connectivity index (χ2n) is 3.21. The number of thiophene rings is 1. The first kappa shape index (κ1) is 12.7. The van der Waals surface area contributed by atoms with Gasteiger partial charge < -0.3 is 0 Å². The van der Waals surface area contributed by atoms with Crippen molar-refractivity contribution in [3.63, 3.8) is 0 Å². The zero-order valence-corrected chi connectivity index (χ0v) is 12.6. The van der Waals surface area contributed by atoms with Crippen LogP contribution in [0, 0.1) is 0 Å². The van der Waals surface area contributed by atoms with Gasteiger partial charge in [0, 0.05) is 14.9 Å². The molecular formula is C11H6BrCl3S. The van der Waals surface area contributed by atoms with Crippen molar-refractivity contribution >= 4 is 62.1 Å². The van der Waals surface area contributed by atoms with Crippen LogP contribution in [-0.2, 0) is 0 Å². The average Bonchev–Trinajstić information content (AvgIpc) is 2.62. The molecule has 1 aromatic heterocycles. The van der Waals surface area contributed by atoms with Crippen LogP contribution in [-0.4, -0.2) is 0 Å². The molecule has 16 heavy (non-hydrogen) atoms. The maximum absolute atomic E-state index is 5.96. The SMILES string of the molecule is Clc1cc(Cl)cc(C(Br)c2ccc(Cl)s2)c1. The summed E-state index contributed by atoms with van der Waals surface area (Å²) in [6, 6.07) is 9.36. The molecule has 84 valence electrons. The Balaban J connectivity index is 2.37. The van der Waals surface area contributed by atoms with E-state index in [0.717, 1.165) is 14.8 Å². The van der Waals surface area contributed by atoms with Gasteiger partial charge in [-0.15, -0.1) is 11.3 Å². The van der Waals surface area contributed by atoms with E-state index >= 15 is 0 Å². The predicted molar refractivity (Wildman–Crippen MR) is 76.6 cm³/mol. The highest BCUT2D eigenvalue weighted by Crippen LogP contribution is 2.38. The summed E-state index contributed by atoms with van der Waals surface area (Å²) in [4.78, 5) is 1.20. The van der Waals surface area contributed by atoms with Crippen molar-refractivity contribution in [2.24, 2.45) is 0 Å². The highest BCUT2D eigenvalue weighted by atomic mass is 79.9. The maximum Gasteiger partial charge on any atom is 0.0931 e. The smallest absolute Gasteiger partial charge is 0.0931 e. The molecule has 0 aliphatic rings. The van der Waals surface area contributed by atoms with Crippen molar-refractivity contribution < 1.29 is 0 Å². The largest absolute Gasteiger partial charge is 0.127 e. The van der Waals surface area contributed by atoms with Crippen LogP contribution in [0.3, 0.4) is 0 Å². The van der Waals surface area contributed by atoms with E-state index in [2.05, 4.69) is 15.9 Å². The summed E-state index contributed by atoms with van der Waals surface area (Å²) in [7, 11) is 0. The van der Waals surface area contributed by atoms with E-state index in [1.807, 2.05) is 24.3 Å². The molecule has 0 aliphatic heterocycles. The number of halogens is 4. The molecule has 1 heterocycles. The van der Waals surface area contributed by atoms with Crippen molar-refractivity contribution in [3.8, 4) is 0 Å². The molecule has 1 atom stereocenters. The van der Waals surface area contributed by atoms with Crippen LogP contribution in [0.1, 0.15) is 15.3 Å². The molecule has 0 nitrogen and oxygen atoms in total. The molecule has 0 saturated heterocycles. The lowest BCUT2D eigenvalue weighted by molar-refractivity contribution is 1.23. The van der Waals surface area contributed by atoms with E-state index in [0.29, 0.717) is 10.0 Å². The molecule has 0 aliphatic carbocycles. The fraction of sp³-hybridized carbons (Fsp3) is 0.0909. The minimum absolute atomic E-state index is 0.0706. The van der Waals surface area contributed by atoms with Crippen LogP contribution in [0.5, 0.6) is 0 Å². The molecule has 5 heteroatoms. The van der Waals surface area contributed by atoms with Gasteiger partial charge in [0.2, 0.25) is 0 Å². The fourth-order valence-corrected chi connectivity index (χ4v) is 3.66. The molecule has 2 aromatic rings. The van der Waals surface area contributed by atoms with Crippen molar-refractivity contribution in [3.05, 3.63) is 55.2 Å². The molecule has 0 spiro atoms. The summed E-state index contributed by atoms with van der Waals surface area (Å²) in [5.41, 5.74) is 1.02. The van der Waals surface area contributed by atoms with Gasteiger partial charge in [0.05, 0.1) is 9.16 Å². The Morgan fingerprint density at radius 3 is 2.12 bits per heavy atom. The Labute approximate surface area is 121 Å². The van der Waals surface area contributed by atoms with E-state index in [4.69, 9.17) is 34.8 Å². The Bertz CT molecular complexity index is 489. The van der Waals surface area contributed by atoms with Gasteiger partial charge >= 0.3 is 0 Å². The summed E-state index contributed by atoms with van der Waals surface area (Å²) in [6.07, 6.45) is 0. The Morgan fingerprint density at radius 2 is 1.62 bits per heavy atom. The third-order valence-corrected chi connectivity index (χ3v) is 5.08. The number of hydrogen-bond donors (Lipinski definition) is 0. The molecule has 0 amide bonds. The van der Waals surface area contributed by atoms with Crippen LogP contribution in [0.15, 0.2) is 30.3 Å². The minimum atomic E-state index is 0.0706. The lowest BCUT2D eigenvalue weighted by Gasteiger charge is -2.09. The molecule has 0 radical (unpaired) electrons. The number of hydrogen-bond acceptors (Lipinski definition) is 1. The van der Waals surface area contributed by atoms with Gasteiger partial charge in [-0.2, -0.15) is 0 Å². The number of alkyl halides is 1. The minimum Gasteiger partial charge on any atom is -0.127 e. The summed E-state index contributed by atoms with van der Waals surface area (Å²) in [6.45, 7) is 0. The van der Waals surface area contributed by atoms with Crippen molar-refractivity contribution in [2.75, 3.05) is 0 Å². The highest BCUT2D eigenvalue weighted by molar-refractivity contribution is 9.09. The Hall–Kier alpha value is 0.270. The lowest BCUT2D eigenvalue weighted by Crippen LogP contribution is -1.89. The number of benzene rings is 1. The van der Waals surface area contributed by atoms with Gasteiger partial charge in [-0.3, -0.25) is 0 Å². The van der Waals surface area contributed by atoms with E-state index in [1.165, 1.54) is 11.3 Å². The topological polar surface area (TPSA) is 0 Å². The Kier molecular flexibility index (Phi) is 4.20. The molecule has 0 fully saturated rings. The Morgan fingerprint density at radius 1 is 1.00 bits per heavy atom. The zero-order valence-electron chi connectivity index (χ0n) is 7.88. The quantitative estimate of drug-likeness (QED) is 0.563. The van der Waals surface area contributed by atoms with Gasteiger partial charge in [0.15, 0.2) is 0 Å². The van der Waals surface area contributed by atoms with Gasteiger partial charge in [0.1, 0.15) is 0 Å². The van der Waals surface area contributed by atoms with Gasteiger partial charge in [-0.05, 0) is 35.9 Å². The standard InChI is InChI=1S/C11H6BrCl3S/c12-11(9-1-2-10(15)16-9)6-3-7(13)5-8(14)4-6/h1-5,11H. The van der Waals surface area contributed by atoms with Crippen molar-refractivity contribution in [1.82, 2.24) is 0 Å². The van der Waals surface area contributed by atoms with Crippen LogP contribution in [0.2, 0.25) is 14.4 Å². The first-order valence-electron chi connectivity index (χ1n) is 4.41. The second-order valence-corrected chi connectivity index (χ2v) is 6.74. The molecule has 2 rings (SSSR count). The molecule has 0 N–H and O–H groups in total. The average molecular weight is 356 g/mol. The first-order valence-corrected chi connectivity index (χ1v) is 7.28. The second kappa shape index (κ2) is 5.28. The molecule has 0 saturated carbocycles. The molecule has 1 aromatic carbocycles. The monoisotopic (exact) mass is 354 g/mol. The fourth-order valence-electron chi connectivity index (χ4n) is 1.35. The highest BCUT2D eigenvalue weighted by Gasteiger charge is 2.13. The summed E-state index contributed by atoms with van der Waals surface area (Å²) in [5, 5.41) is 1.27. The van der Waals surface area contributed by atoms with Crippen LogP contribution >= 0.6 is 62.1 Å². The van der Waals surface area contributed by atoms with E-state index in [9.17, 15) is 0 Å². The van der Waals surface area contributed by atoms with Gasteiger partial charge in [-0.25, -0.2) is 0 Å². The van der Waals surface area contributed by atoms with Gasteiger partial charge in [0.25, 0.3) is 0 Å². The lowest BCUT2D eigenvalue weighted by atomic mass is 10.1.